The van der Waals surface area contributed by atoms with Gasteiger partial charge in [-0.3, -0.25) is 15.2 Å². The Kier molecular flexibility index (Phi) is 8.78. The molecule has 0 atom stereocenters. The molecule has 9 nitrogen and oxygen atoms in total. The Bertz CT molecular complexity index is 906. The van der Waals surface area contributed by atoms with Crippen LogP contribution in [0, 0.1) is 14.9 Å². The van der Waals surface area contributed by atoms with Crippen LogP contribution >= 0.6 is 12.2 Å². The molecule has 0 spiro atoms. The van der Waals surface area contributed by atoms with Crippen molar-refractivity contribution in [3.63, 3.8) is 0 Å². The Labute approximate surface area is 174 Å². The van der Waals surface area contributed by atoms with E-state index in [1.807, 2.05) is 0 Å². The smallest absolute Gasteiger partial charge is 0.315 e. The maximum absolute atomic E-state index is 11.6. The highest BCUT2D eigenvalue weighted by Gasteiger charge is 2.22. The molecule has 0 aliphatic heterocycles. The first-order valence-corrected chi connectivity index (χ1v) is 10.1. The normalized spacial score (nSPS) is 11.1. The molecule has 29 heavy (non-hydrogen) atoms. The van der Waals surface area contributed by atoms with Crippen molar-refractivity contribution in [1.29, 1.82) is 0 Å². The van der Waals surface area contributed by atoms with Crippen molar-refractivity contribution in [3.05, 3.63) is 38.4 Å². The minimum absolute atomic E-state index is 0.134. The number of ether oxygens (including phenoxy) is 2. The maximum atomic E-state index is 11.6. The highest BCUT2D eigenvalue weighted by molar-refractivity contribution is 7.71. The minimum atomic E-state index is -0.481. The number of aromatic amines is 1. The predicted molar refractivity (Wildman–Crippen MR) is 114 cm³/mol. The molecule has 10 heteroatoms. The van der Waals surface area contributed by atoms with Gasteiger partial charge in [-0.1, -0.05) is 33.1 Å². The number of rotatable bonds is 12. The van der Waals surface area contributed by atoms with Crippen LogP contribution < -0.4 is 9.47 Å². The number of hydrogen-bond acceptors (Lipinski definition) is 7. The number of nitrogens with zero attached hydrogens (tertiary/aromatic N) is 4. The Morgan fingerprint density at radius 3 is 2.72 bits per heavy atom. The van der Waals surface area contributed by atoms with Gasteiger partial charge in [-0.15, -0.1) is 0 Å². The minimum Gasteiger partial charge on any atom is -0.493 e. The van der Waals surface area contributed by atoms with Crippen molar-refractivity contribution >= 4 is 24.1 Å². The molecule has 0 radical (unpaired) electrons. The molecule has 2 rings (SSSR count). The van der Waals surface area contributed by atoms with Crippen molar-refractivity contribution in [1.82, 2.24) is 14.9 Å². The van der Waals surface area contributed by atoms with Gasteiger partial charge in [-0.25, -0.2) is 0 Å². The SMILES string of the molecule is CCCCCOc1c(OC)cc(/C=N\n2c(CCCC)n[nH]c2=S)cc1[N+](=O)[O-]. The summed E-state index contributed by atoms with van der Waals surface area (Å²) in [6.45, 7) is 4.56. The fraction of sp³-hybridized carbons (Fsp3) is 0.526. The third-order valence-corrected chi connectivity index (χ3v) is 4.53. The second-order valence-electron chi connectivity index (χ2n) is 6.49. The molecule has 0 fully saturated rings. The molecule has 1 heterocycles. The lowest BCUT2D eigenvalue weighted by atomic mass is 10.2. The molecule has 1 N–H and O–H groups in total. The van der Waals surface area contributed by atoms with Crippen molar-refractivity contribution in [3.8, 4) is 11.5 Å². The van der Waals surface area contributed by atoms with Crippen molar-refractivity contribution in [2.24, 2.45) is 5.10 Å². The number of H-pyrrole nitrogens is 1. The van der Waals surface area contributed by atoms with Crippen LogP contribution in [0.3, 0.4) is 0 Å². The van der Waals surface area contributed by atoms with Crippen LogP contribution in [-0.2, 0) is 6.42 Å². The molecule has 0 unspecified atom stereocenters. The summed E-state index contributed by atoms with van der Waals surface area (Å²) in [5.74, 6) is 1.14. The molecule has 0 saturated carbocycles. The zero-order chi connectivity index (χ0) is 21.2. The van der Waals surface area contributed by atoms with Gasteiger partial charge < -0.3 is 9.47 Å². The molecule has 1 aromatic carbocycles. The summed E-state index contributed by atoms with van der Waals surface area (Å²) in [5.41, 5.74) is 0.336. The van der Waals surface area contributed by atoms with E-state index in [0.717, 1.165) is 38.5 Å². The zero-order valence-electron chi connectivity index (χ0n) is 17.0. The van der Waals surface area contributed by atoms with Crippen LogP contribution in [0.15, 0.2) is 17.2 Å². The lowest BCUT2D eigenvalue weighted by Crippen LogP contribution is -2.04. The molecule has 0 amide bonds. The maximum Gasteiger partial charge on any atom is 0.315 e. The Morgan fingerprint density at radius 1 is 1.31 bits per heavy atom. The van der Waals surface area contributed by atoms with Gasteiger partial charge in [0.2, 0.25) is 10.5 Å². The number of aromatic nitrogens is 3. The number of nitrogens with one attached hydrogen (secondary N) is 1. The average Bonchev–Trinajstić information content (AvgIpc) is 3.07. The van der Waals surface area contributed by atoms with E-state index in [9.17, 15) is 10.1 Å². The fourth-order valence-electron chi connectivity index (χ4n) is 2.71. The summed E-state index contributed by atoms with van der Waals surface area (Å²) in [6.07, 6.45) is 7.05. The van der Waals surface area contributed by atoms with Crippen LogP contribution in [0.2, 0.25) is 0 Å². The van der Waals surface area contributed by atoms with Gasteiger partial charge in [-0.05, 0) is 31.1 Å². The number of benzene rings is 1. The largest absolute Gasteiger partial charge is 0.493 e. The third-order valence-electron chi connectivity index (χ3n) is 4.26. The highest BCUT2D eigenvalue weighted by atomic mass is 32.1. The molecule has 0 saturated heterocycles. The van der Waals surface area contributed by atoms with Gasteiger partial charge in [0.15, 0.2) is 11.6 Å². The van der Waals surface area contributed by atoms with Gasteiger partial charge in [0.1, 0.15) is 0 Å². The molecule has 1 aromatic heterocycles. The summed E-state index contributed by atoms with van der Waals surface area (Å²) < 4.78 is 12.9. The van der Waals surface area contributed by atoms with E-state index in [-0.39, 0.29) is 11.4 Å². The molecule has 0 aliphatic rings. The third kappa shape index (κ3) is 6.11. The number of methoxy groups -OCH3 is 1. The van der Waals surface area contributed by atoms with Gasteiger partial charge in [0, 0.05) is 18.1 Å². The number of nitro groups is 1. The molecule has 0 aliphatic carbocycles. The standard InChI is InChI=1S/C19H27N5O4S/c1-4-6-8-10-28-18-15(24(25)26)11-14(12-16(18)27-3)13-20-23-17(9-7-5-2)21-22-19(23)29/h11-13H,4-10H2,1-3H3,(H,22,29)/b20-13-. The van der Waals surface area contributed by atoms with Crippen LogP contribution in [0.5, 0.6) is 11.5 Å². The second kappa shape index (κ2) is 11.3. The second-order valence-corrected chi connectivity index (χ2v) is 6.88. The zero-order valence-corrected chi connectivity index (χ0v) is 17.8. The first kappa shape index (κ1) is 22.5. The molecular formula is C19H27N5O4S. The van der Waals surface area contributed by atoms with E-state index in [1.165, 1.54) is 24.1 Å². The van der Waals surface area contributed by atoms with E-state index in [2.05, 4.69) is 29.1 Å². The highest BCUT2D eigenvalue weighted by Crippen LogP contribution is 2.38. The summed E-state index contributed by atoms with van der Waals surface area (Å²) in [5, 5.41) is 22.8. The van der Waals surface area contributed by atoms with Crippen molar-refractivity contribution in [2.45, 2.75) is 52.4 Å². The van der Waals surface area contributed by atoms with Gasteiger partial charge >= 0.3 is 5.69 Å². The van der Waals surface area contributed by atoms with E-state index in [4.69, 9.17) is 21.7 Å². The van der Waals surface area contributed by atoms with Crippen molar-refractivity contribution < 1.29 is 14.4 Å². The summed E-state index contributed by atoms with van der Waals surface area (Å²) in [4.78, 5) is 11.1. The first-order chi connectivity index (χ1) is 14.0. The number of hydrogen-bond donors (Lipinski definition) is 1. The first-order valence-electron chi connectivity index (χ1n) is 9.71. The molecular weight excluding hydrogens is 394 g/mol. The lowest BCUT2D eigenvalue weighted by Gasteiger charge is -2.11. The summed E-state index contributed by atoms with van der Waals surface area (Å²) >= 11 is 5.22. The van der Waals surface area contributed by atoms with Gasteiger partial charge in [0.05, 0.1) is 24.9 Å². The molecule has 158 valence electrons. The van der Waals surface area contributed by atoms with E-state index >= 15 is 0 Å². The Morgan fingerprint density at radius 2 is 2.07 bits per heavy atom. The average molecular weight is 422 g/mol. The van der Waals surface area contributed by atoms with Crippen molar-refractivity contribution in [2.75, 3.05) is 13.7 Å². The van der Waals surface area contributed by atoms with Crippen LogP contribution in [0.1, 0.15) is 57.3 Å². The number of aryl methyl sites for hydroxylation is 1. The van der Waals surface area contributed by atoms with Crippen LogP contribution in [0.25, 0.3) is 0 Å². The number of unbranched alkanes of at least 4 members (excludes halogenated alkanes) is 3. The van der Waals surface area contributed by atoms with E-state index < -0.39 is 4.92 Å². The monoisotopic (exact) mass is 421 g/mol. The lowest BCUT2D eigenvalue weighted by molar-refractivity contribution is -0.386. The quantitative estimate of drug-likeness (QED) is 0.176. The summed E-state index contributed by atoms with van der Waals surface area (Å²) in [7, 11) is 1.45. The number of nitro benzene ring substituents is 1. The Hall–Kier alpha value is -2.75. The topological polar surface area (TPSA) is 108 Å². The fourth-order valence-corrected chi connectivity index (χ4v) is 2.90. The predicted octanol–water partition coefficient (Wildman–Crippen LogP) is 4.65. The van der Waals surface area contributed by atoms with E-state index in [1.54, 1.807) is 6.07 Å². The molecule has 2 aromatic rings. The summed E-state index contributed by atoms with van der Waals surface area (Å²) in [6, 6.07) is 3.07. The Balaban J connectivity index is 2.33. The van der Waals surface area contributed by atoms with Gasteiger partial charge in [-0.2, -0.15) is 14.9 Å². The molecule has 0 bridgehead atoms. The van der Waals surface area contributed by atoms with Crippen LogP contribution in [0.4, 0.5) is 5.69 Å². The van der Waals surface area contributed by atoms with Crippen LogP contribution in [-0.4, -0.2) is 39.7 Å². The van der Waals surface area contributed by atoms with Gasteiger partial charge in [0.25, 0.3) is 0 Å². The van der Waals surface area contributed by atoms with E-state index in [0.29, 0.717) is 28.5 Å².